The van der Waals surface area contributed by atoms with Crippen LogP contribution in [0.5, 0.6) is 0 Å². The Bertz CT molecular complexity index is 654. The Labute approximate surface area is 125 Å². The Balaban J connectivity index is 2.10. The van der Waals surface area contributed by atoms with Crippen molar-refractivity contribution >= 4 is 5.91 Å². The molecule has 0 spiro atoms. The number of nitrogens with two attached hydrogens (primary N) is 1. The summed E-state index contributed by atoms with van der Waals surface area (Å²) in [4.78, 5) is 11.5. The van der Waals surface area contributed by atoms with Crippen LogP contribution in [0.15, 0.2) is 54.6 Å². The van der Waals surface area contributed by atoms with Crippen LogP contribution in [0, 0.1) is 11.8 Å². The van der Waals surface area contributed by atoms with Crippen molar-refractivity contribution in [2.24, 2.45) is 5.73 Å². The molecule has 106 valence electrons. The lowest BCUT2D eigenvalue weighted by atomic mass is 10.1. The molecule has 0 atom stereocenters. The topological polar surface area (TPSA) is 55.1 Å². The van der Waals surface area contributed by atoms with Crippen LogP contribution >= 0.6 is 0 Å². The third kappa shape index (κ3) is 4.79. The normalized spacial score (nSPS) is 9.57. The Kier molecular flexibility index (Phi) is 5.57. The maximum Gasteiger partial charge on any atom is 0.221 e. The van der Waals surface area contributed by atoms with Gasteiger partial charge in [-0.1, -0.05) is 48.2 Å². The van der Waals surface area contributed by atoms with Crippen molar-refractivity contribution in [3.63, 3.8) is 0 Å². The van der Waals surface area contributed by atoms with Gasteiger partial charge in [0.1, 0.15) is 0 Å². The summed E-state index contributed by atoms with van der Waals surface area (Å²) in [7, 11) is 0. The highest BCUT2D eigenvalue weighted by atomic mass is 16.1. The lowest BCUT2D eigenvalue weighted by Crippen LogP contribution is -2.25. The van der Waals surface area contributed by atoms with E-state index in [2.05, 4.69) is 17.2 Å². The van der Waals surface area contributed by atoms with E-state index in [0.29, 0.717) is 19.5 Å². The maximum absolute atomic E-state index is 11.5. The summed E-state index contributed by atoms with van der Waals surface area (Å²) in [6.45, 7) is 0.833. The van der Waals surface area contributed by atoms with E-state index < -0.39 is 0 Å². The summed E-state index contributed by atoms with van der Waals surface area (Å²) in [6, 6.07) is 17.6. The standard InChI is InChI=1S/C18H18N2O/c19-13-12-18(21)20-14-17-9-5-4-8-16(17)11-10-15-6-2-1-3-7-15/h1-9H,12-14,19H2,(H,20,21). The van der Waals surface area contributed by atoms with Gasteiger partial charge >= 0.3 is 0 Å². The number of amides is 1. The van der Waals surface area contributed by atoms with E-state index in [1.807, 2.05) is 54.6 Å². The van der Waals surface area contributed by atoms with Gasteiger partial charge in [0.2, 0.25) is 5.91 Å². The second kappa shape index (κ2) is 7.88. The molecule has 0 fully saturated rings. The second-order valence-electron chi connectivity index (χ2n) is 4.59. The minimum Gasteiger partial charge on any atom is -0.352 e. The molecule has 3 nitrogen and oxygen atoms in total. The van der Waals surface area contributed by atoms with Crippen molar-refractivity contribution in [1.82, 2.24) is 5.32 Å². The summed E-state index contributed by atoms with van der Waals surface area (Å²) >= 11 is 0. The van der Waals surface area contributed by atoms with Gasteiger partial charge in [-0.3, -0.25) is 4.79 Å². The van der Waals surface area contributed by atoms with E-state index in [4.69, 9.17) is 5.73 Å². The SMILES string of the molecule is NCCC(=O)NCc1ccccc1C#Cc1ccccc1. The van der Waals surface area contributed by atoms with E-state index in [0.717, 1.165) is 16.7 Å². The molecule has 2 aromatic rings. The molecule has 3 N–H and O–H groups in total. The summed E-state index contributed by atoms with van der Waals surface area (Å²) in [5, 5.41) is 2.85. The highest BCUT2D eigenvalue weighted by Crippen LogP contribution is 2.07. The van der Waals surface area contributed by atoms with E-state index in [9.17, 15) is 4.79 Å². The quantitative estimate of drug-likeness (QED) is 0.841. The van der Waals surface area contributed by atoms with Crippen molar-refractivity contribution < 1.29 is 4.79 Å². The van der Waals surface area contributed by atoms with Crippen LogP contribution in [0.2, 0.25) is 0 Å². The molecule has 0 heterocycles. The molecule has 2 aromatic carbocycles. The number of carbonyl (C=O) groups is 1. The molecule has 0 aliphatic heterocycles. The van der Waals surface area contributed by atoms with E-state index in [1.54, 1.807) is 0 Å². The fourth-order valence-electron chi connectivity index (χ4n) is 1.87. The first-order chi connectivity index (χ1) is 10.3. The molecule has 2 rings (SSSR count). The van der Waals surface area contributed by atoms with Gasteiger partial charge < -0.3 is 11.1 Å². The van der Waals surface area contributed by atoms with Crippen molar-refractivity contribution in [2.45, 2.75) is 13.0 Å². The Hall–Kier alpha value is -2.57. The van der Waals surface area contributed by atoms with Gasteiger partial charge in [0.05, 0.1) is 0 Å². The van der Waals surface area contributed by atoms with Crippen molar-refractivity contribution in [2.75, 3.05) is 6.54 Å². The Morgan fingerprint density at radius 3 is 2.48 bits per heavy atom. The van der Waals surface area contributed by atoms with Gasteiger partial charge in [-0.05, 0) is 23.8 Å². The maximum atomic E-state index is 11.5. The van der Waals surface area contributed by atoms with Crippen molar-refractivity contribution in [1.29, 1.82) is 0 Å². The highest BCUT2D eigenvalue weighted by Gasteiger charge is 2.02. The van der Waals surface area contributed by atoms with Gasteiger partial charge in [0.15, 0.2) is 0 Å². The van der Waals surface area contributed by atoms with E-state index in [-0.39, 0.29) is 5.91 Å². The third-order valence-electron chi connectivity index (χ3n) is 2.98. The van der Waals surface area contributed by atoms with E-state index in [1.165, 1.54) is 0 Å². The molecule has 0 saturated carbocycles. The molecule has 0 unspecified atom stereocenters. The van der Waals surface area contributed by atoms with Crippen LogP contribution in [0.25, 0.3) is 0 Å². The molecule has 21 heavy (non-hydrogen) atoms. The first kappa shape index (κ1) is 14.8. The van der Waals surface area contributed by atoms with Crippen LogP contribution in [-0.2, 0) is 11.3 Å². The van der Waals surface area contributed by atoms with Gasteiger partial charge in [-0.15, -0.1) is 0 Å². The van der Waals surface area contributed by atoms with Crippen LogP contribution in [-0.4, -0.2) is 12.5 Å². The number of hydrogen-bond acceptors (Lipinski definition) is 2. The number of carbonyl (C=O) groups excluding carboxylic acids is 1. The summed E-state index contributed by atoms with van der Waals surface area (Å²) in [5.74, 6) is 6.25. The number of benzene rings is 2. The van der Waals surface area contributed by atoms with Crippen LogP contribution in [0.4, 0.5) is 0 Å². The monoisotopic (exact) mass is 278 g/mol. The van der Waals surface area contributed by atoms with Crippen LogP contribution < -0.4 is 11.1 Å². The van der Waals surface area contributed by atoms with Crippen molar-refractivity contribution in [3.05, 3.63) is 71.3 Å². The molecule has 0 aromatic heterocycles. The molecule has 0 aliphatic rings. The molecular formula is C18H18N2O. The number of rotatable bonds is 4. The zero-order valence-electron chi connectivity index (χ0n) is 11.8. The van der Waals surface area contributed by atoms with Crippen molar-refractivity contribution in [3.8, 4) is 11.8 Å². The molecular weight excluding hydrogens is 260 g/mol. The predicted octanol–water partition coefficient (Wildman–Crippen LogP) is 2.05. The van der Waals surface area contributed by atoms with Crippen LogP contribution in [0.3, 0.4) is 0 Å². The first-order valence-electron chi connectivity index (χ1n) is 6.91. The van der Waals surface area contributed by atoms with E-state index >= 15 is 0 Å². The van der Waals surface area contributed by atoms with Crippen LogP contribution in [0.1, 0.15) is 23.1 Å². The molecule has 0 saturated heterocycles. The average molecular weight is 278 g/mol. The minimum atomic E-state index is -0.0386. The molecule has 0 aliphatic carbocycles. The molecule has 0 bridgehead atoms. The largest absolute Gasteiger partial charge is 0.352 e. The fraction of sp³-hybridized carbons (Fsp3) is 0.167. The zero-order chi connectivity index (χ0) is 14.9. The summed E-state index contributed by atoms with van der Waals surface area (Å²) in [5.41, 5.74) is 8.26. The number of hydrogen-bond donors (Lipinski definition) is 2. The summed E-state index contributed by atoms with van der Waals surface area (Å²) < 4.78 is 0. The highest BCUT2D eigenvalue weighted by molar-refractivity contribution is 5.76. The minimum absolute atomic E-state index is 0.0386. The lowest BCUT2D eigenvalue weighted by Gasteiger charge is -2.06. The number of nitrogens with one attached hydrogen (secondary N) is 1. The van der Waals surface area contributed by atoms with Gasteiger partial charge in [0, 0.05) is 30.6 Å². The average Bonchev–Trinajstić information content (AvgIpc) is 2.53. The second-order valence-corrected chi connectivity index (χ2v) is 4.59. The molecule has 1 amide bonds. The smallest absolute Gasteiger partial charge is 0.221 e. The summed E-state index contributed by atoms with van der Waals surface area (Å²) in [6.07, 6.45) is 0.345. The predicted molar refractivity (Wildman–Crippen MR) is 84.4 cm³/mol. The third-order valence-corrected chi connectivity index (χ3v) is 2.98. The zero-order valence-corrected chi connectivity index (χ0v) is 11.8. The first-order valence-corrected chi connectivity index (χ1v) is 6.91. The fourth-order valence-corrected chi connectivity index (χ4v) is 1.87. The lowest BCUT2D eigenvalue weighted by molar-refractivity contribution is -0.121. The molecule has 0 radical (unpaired) electrons. The van der Waals surface area contributed by atoms with Gasteiger partial charge in [-0.2, -0.15) is 0 Å². The Morgan fingerprint density at radius 2 is 1.71 bits per heavy atom. The Morgan fingerprint density at radius 1 is 1.00 bits per heavy atom. The van der Waals surface area contributed by atoms with Gasteiger partial charge in [0.25, 0.3) is 0 Å². The van der Waals surface area contributed by atoms with Gasteiger partial charge in [-0.25, -0.2) is 0 Å². The molecule has 3 heteroatoms.